The number of thiazole rings is 1. The number of ether oxygens (including phenoxy) is 2. The summed E-state index contributed by atoms with van der Waals surface area (Å²) >= 11 is 1.57. The van der Waals surface area contributed by atoms with Crippen molar-refractivity contribution in [2.45, 2.75) is 26.6 Å². The lowest BCUT2D eigenvalue weighted by Gasteiger charge is -2.17. The molecule has 0 aliphatic heterocycles. The first-order chi connectivity index (χ1) is 15.1. The molecule has 1 heterocycles. The van der Waals surface area contributed by atoms with Crippen molar-refractivity contribution in [2.24, 2.45) is 4.99 Å². The molecule has 1 aromatic heterocycles. The number of nitrogens with one attached hydrogen (secondary N) is 2. The van der Waals surface area contributed by atoms with Crippen LogP contribution in [0.25, 0.3) is 10.6 Å². The highest BCUT2D eigenvalue weighted by Gasteiger charge is 2.16. The first kappa shape index (κ1) is 22.5. The third-order valence-electron chi connectivity index (χ3n) is 4.25. The van der Waals surface area contributed by atoms with Crippen LogP contribution in [0.2, 0.25) is 0 Å². The molecule has 0 aliphatic carbocycles. The minimum Gasteiger partial charge on any atom is -0.490 e. The molecule has 0 spiro atoms. The van der Waals surface area contributed by atoms with E-state index in [1.807, 2.05) is 35.7 Å². The van der Waals surface area contributed by atoms with Crippen molar-refractivity contribution < 1.29 is 18.3 Å². The van der Waals surface area contributed by atoms with Gasteiger partial charge in [-0.15, -0.1) is 11.3 Å². The maximum atomic E-state index is 12.9. The Balaban J connectivity index is 1.61. The number of nitrogens with zero attached hydrogens (tertiary/aromatic N) is 2. The molecule has 0 unspecified atom stereocenters. The van der Waals surface area contributed by atoms with Gasteiger partial charge in [-0.2, -0.15) is 8.78 Å². The van der Waals surface area contributed by atoms with Crippen molar-refractivity contribution in [1.82, 2.24) is 15.6 Å². The molecule has 0 bridgehead atoms. The van der Waals surface area contributed by atoms with Crippen LogP contribution in [0.5, 0.6) is 11.5 Å². The van der Waals surface area contributed by atoms with Crippen LogP contribution >= 0.6 is 11.3 Å². The van der Waals surface area contributed by atoms with Crippen LogP contribution in [-0.2, 0) is 13.1 Å². The number of guanidine groups is 1. The lowest BCUT2D eigenvalue weighted by atomic mass is 10.2. The topological polar surface area (TPSA) is 67.8 Å². The van der Waals surface area contributed by atoms with Gasteiger partial charge in [-0.3, -0.25) is 4.99 Å². The fourth-order valence-electron chi connectivity index (χ4n) is 2.87. The van der Waals surface area contributed by atoms with Gasteiger partial charge in [0.15, 0.2) is 17.5 Å². The number of aromatic nitrogens is 1. The van der Waals surface area contributed by atoms with E-state index in [2.05, 4.69) is 20.6 Å². The predicted octanol–water partition coefficient (Wildman–Crippen LogP) is 4.68. The van der Waals surface area contributed by atoms with Crippen molar-refractivity contribution in [3.8, 4) is 22.1 Å². The first-order valence-electron chi connectivity index (χ1n) is 9.74. The minimum atomic E-state index is -2.94. The van der Waals surface area contributed by atoms with Crippen molar-refractivity contribution in [2.75, 3.05) is 13.7 Å². The lowest BCUT2D eigenvalue weighted by Crippen LogP contribution is -2.36. The number of alkyl halides is 2. The molecule has 9 heteroatoms. The smallest absolute Gasteiger partial charge is 0.387 e. The fraction of sp³-hybridized carbons (Fsp3) is 0.273. The number of hydrogen-bond donors (Lipinski definition) is 2. The highest BCUT2D eigenvalue weighted by molar-refractivity contribution is 7.13. The molecule has 0 fully saturated rings. The van der Waals surface area contributed by atoms with E-state index in [0.717, 1.165) is 16.3 Å². The Bertz CT molecular complexity index is 996. The Morgan fingerprint density at radius 2 is 1.87 bits per heavy atom. The zero-order valence-electron chi connectivity index (χ0n) is 17.3. The van der Waals surface area contributed by atoms with E-state index in [4.69, 9.17) is 9.47 Å². The van der Waals surface area contributed by atoms with E-state index in [1.54, 1.807) is 43.5 Å². The summed E-state index contributed by atoms with van der Waals surface area (Å²) in [6.45, 7) is -0.110. The van der Waals surface area contributed by atoms with Crippen molar-refractivity contribution in [3.63, 3.8) is 0 Å². The lowest BCUT2D eigenvalue weighted by molar-refractivity contribution is -0.0520. The second-order valence-electron chi connectivity index (χ2n) is 6.35. The molecular formula is C22H24F2N4O2S. The Morgan fingerprint density at radius 3 is 2.58 bits per heavy atom. The molecule has 31 heavy (non-hydrogen) atoms. The summed E-state index contributed by atoms with van der Waals surface area (Å²) in [6, 6.07) is 15.0. The van der Waals surface area contributed by atoms with Gasteiger partial charge in [-0.1, -0.05) is 42.5 Å². The average molecular weight is 447 g/mol. The van der Waals surface area contributed by atoms with Crippen molar-refractivity contribution in [3.05, 3.63) is 65.2 Å². The maximum Gasteiger partial charge on any atom is 0.387 e. The molecule has 0 aliphatic rings. The number of rotatable bonds is 9. The zero-order valence-corrected chi connectivity index (χ0v) is 18.1. The van der Waals surface area contributed by atoms with E-state index >= 15 is 0 Å². The number of hydrogen-bond acceptors (Lipinski definition) is 5. The third-order valence-corrected chi connectivity index (χ3v) is 5.19. The molecule has 0 radical (unpaired) electrons. The Labute approximate surface area is 184 Å². The first-order valence-corrected chi connectivity index (χ1v) is 10.6. The average Bonchev–Trinajstić information content (AvgIpc) is 3.25. The fourth-order valence-corrected chi connectivity index (χ4v) is 3.69. The standard InChI is InChI=1S/C22H24F2N4O2S/c1-3-29-18-11-7-10-16(19(18)30-21(23)24)12-26-22(25-2)27-13-17-14-31-20(28-17)15-8-5-4-6-9-15/h4-11,14,21H,3,12-13H2,1-2H3,(H2,25,26,27). The number of aliphatic imine (C=N–C) groups is 1. The molecule has 3 rings (SSSR count). The zero-order chi connectivity index (χ0) is 22.1. The molecule has 0 saturated carbocycles. The van der Waals surface area contributed by atoms with Crippen LogP contribution in [0.15, 0.2) is 58.9 Å². The quantitative estimate of drug-likeness (QED) is 0.369. The summed E-state index contributed by atoms with van der Waals surface area (Å²) in [7, 11) is 1.64. The van der Waals surface area contributed by atoms with Crippen LogP contribution in [-0.4, -0.2) is 31.2 Å². The van der Waals surface area contributed by atoms with Crippen LogP contribution in [0.4, 0.5) is 8.78 Å². The molecular weight excluding hydrogens is 422 g/mol. The summed E-state index contributed by atoms with van der Waals surface area (Å²) in [5, 5.41) is 9.23. The Morgan fingerprint density at radius 1 is 1.10 bits per heavy atom. The molecule has 164 valence electrons. The molecule has 6 nitrogen and oxygen atoms in total. The van der Waals surface area contributed by atoms with Crippen molar-refractivity contribution in [1.29, 1.82) is 0 Å². The van der Waals surface area contributed by atoms with Crippen molar-refractivity contribution >= 4 is 17.3 Å². The molecule has 3 aromatic rings. The van der Waals surface area contributed by atoms with Crippen LogP contribution in [0, 0.1) is 0 Å². The van der Waals surface area contributed by atoms with E-state index in [-0.39, 0.29) is 18.0 Å². The predicted molar refractivity (Wildman–Crippen MR) is 119 cm³/mol. The van der Waals surface area contributed by atoms with Gasteiger partial charge in [-0.25, -0.2) is 4.98 Å². The number of para-hydroxylation sites is 1. The minimum absolute atomic E-state index is 0.0225. The van der Waals surface area contributed by atoms with Gasteiger partial charge < -0.3 is 20.1 Å². The Kier molecular flexibility index (Phi) is 8.17. The van der Waals surface area contributed by atoms with Gasteiger partial charge in [0.25, 0.3) is 0 Å². The maximum absolute atomic E-state index is 12.9. The second-order valence-corrected chi connectivity index (χ2v) is 7.20. The van der Waals surface area contributed by atoms with E-state index in [0.29, 0.717) is 24.7 Å². The second kappa shape index (κ2) is 11.3. The van der Waals surface area contributed by atoms with Gasteiger partial charge in [0.2, 0.25) is 0 Å². The van der Waals surface area contributed by atoms with E-state index in [9.17, 15) is 8.78 Å². The largest absolute Gasteiger partial charge is 0.490 e. The number of benzene rings is 2. The van der Waals surface area contributed by atoms with E-state index < -0.39 is 6.61 Å². The van der Waals surface area contributed by atoms with Gasteiger partial charge in [0, 0.05) is 30.1 Å². The highest BCUT2D eigenvalue weighted by atomic mass is 32.1. The van der Waals surface area contributed by atoms with Crippen LogP contribution in [0.1, 0.15) is 18.2 Å². The third kappa shape index (κ3) is 6.39. The van der Waals surface area contributed by atoms with Gasteiger partial charge in [0.1, 0.15) is 5.01 Å². The molecule has 0 amide bonds. The monoisotopic (exact) mass is 446 g/mol. The van der Waals surface area contributed by atoms with E-state index in [1.165, 1.54) is 0 Å². The summed E-state index contributed by atoms with van der Waals surface area (Å²) in [4.78, 5) is 8.82. The molecule has 0 atom stereocenters. The highest BCUT2D eigenvalue weighted by Crippen LogP contribution is 2.32. The Hall–Kier alpha value is -3.20. The van der Waals surface area contributed by atoms with Crippen LogP contribution < -0.4 is 20.1 Å². The molecule has 2 aromatic carbocycles. The van der Waals surface area contributed by atoms with Gasteiger partial charge in [0.05, 0.1) is 18.8 Å². The summed E-state index contributed by atoms with van der Waals surface area (Å²) in [5.41, 5.74) is 2.49. The molecule has 0 saturated heterocycles. The number of halogens is 2. The SMILES string of the molecule is CCOc1cccc(CNC(=NC)NCc2csc(-c3ccccc3)n2)c1OC(F)F. The molecule has 2 N–H and O–H groups in total. The van der Waals surface area contributed by atoms with Gasteiger partial charge in [-0.05, 0) is 13.0 Å². The van der Waals surface area contributed by atoms with Crippen LogP contribution in [0.3, 0.4) is 0 Å². The normalized spacial score (nSPS) is 11.5. The summed E-state index contributed by atoms with van der Waals surface area (Å²) in [6.07, 6.45) is 0. The summed E-state index contributed by atoms with van der Waals surface area (Å²) < 4.78 is 35.9. The van der Waals surface area contributed by atoms with Gasteiger partial charge >= 0.3 is 6.61 Å². The summed E-state index contributed by atoms with van der Waals surface area (Å²) in [5.74, 6) is 0.814.